The Bertz CT molecular complexity index is 702. The molecule has 0 aliphatic heterocycles. The van der Waals surface area contributed by atoms with E-state index in [1.807, 2.05) is 31.3 Å². The highest BCUT2D eigenvalue weighted by Gasteiger charge is 2.18. The SMILES string of the molecule is Cc1noc(CSc2ccccc2C(=O)N(C)CCC(N)C(C)C)n1. The Morgan fingerprint density at radius 3 is 2.72 bits per heavy atom. The van der Waals surface area contributed by atoms with Crippen LogP contribution in [0.4, 0.5) is 0 Å². The molecular formula is C18H26N4O2S. The first-order chi connectivity index (χ1) is 11.9. The highest BCUT2D eigenvalue weighted by atomic mass is 32.2. The van der Waals surface area contributed by atoms with Gasteiger partial charge in [-0.05, 0) is 31.4 Å². The van der Waals surface area contributed by atoms with Crippen LogP contribution in [0.1, 0.15) is 42.3 Å². The van der Waals surface area contributed by atoms with Crippen molar-refractivity contribution in [3.63, 3.8) is 0 Å². The Labute approximate surface area is 153 Å². The van der Waals surface area contributed by atoms with Gasteiger partial charge in [0.05, 0.1) is 11.3 Å². The summed E-state index contributed by atoms with van der Waals surface area (Å²) in [6.07, 6.45) is 0.788. The van der Waals surface area contributed by atoms with Gasteiger partial charge in [-0.25, -0.2) is 0 Å². The number of benzene rings is 1. The number of hydrogen-bond donors (Lipinski definition) is 1. The van der Waals surface area contributed by atoms with Crippen molar-refractivity contribution in [1.29, 1.82) is 0 Å². The number of nitrogens with zero attached hydrogens (tertiary/aromatic N) is 3. The second-order valence-corrected chi connectivity index (χ2v) is 7.46. The molecule has 0 saturated heterocycles. The van der Waals surface area contributed by atoms with Crippen LogP contribution in [0.25, 0.3) is 0 Å². The molecule has 1 amide bonds. The van der Waals surface area contributed by atoms with Gasteiger partial charge < -0.3 is 15.2 Å². The summed E-state index contributed by atoms with van der Waals surface area (Å²) in [6.45, 7) is 6.61. The molecule has 0 spiro atoms. The van der Waals surface area contributed by atoms with Crippen molar-refractivity contribution < 1.29 is 9.32 Å². The van der Waals surface area contributed by atoms with Gasteiger partial charge in [-0.3, -0.25) is 4.79 Å². The van der Waals surface area contributed by atoms with E-state index < -0.39 is 0 Å². The average Bonchev–Trinajstić information content (AvgIpc) is 3.02. The summed E-state index contributed by atoms with van der Waals surface area (Å²) in [4.78, 5) is 19.6. The number of amides is 1. The molecule has 0 fully saturated rings. The van der Waals surface area contributed by atoms with Crippen molar-refractivity contribution in [2.24, 2.45) is 11.7 Å². The first-order valence-electron chi connectivity index (χ1n) is 8.40. The monoisotopic (exact) mass is 362 g/mol. The Morgan fingerprint density at radius 1 is 1.36 bits per heavy atom. The molecule has 1 heterocycles. The standard InChI is InChI=1S/C18H26N4O2S/c1-12(2)15(19)9-10-22(4)18(23)14-7-5-6-8-16(14)25-11-17-20-13(3)21-24-17/h5-8,12,15H,9-11,19H2,1-4H3. The van der Waals surface area contributed by atoms with Crippen LogP contribution in [0.2, 0.25) is 0 Å². The number of aryl methyl sites for hydroxylation is 1. The molecule has 2 N–H and O–H groups in total. The quantitative estimate of drug-likeness (QED) is 0.726. The van der Waals surface area contributed by atoms with Gasteiger partial charge in [0, 0.05) is 24.5 Å². The van der Waals surface area contributed by atoms with Gasteiger partial charge in [0.15, 0.2) is 5.82 Å². The van der Waals surface area contributed by atoms with Gasteiger partial charge in [0.25, 0.3) is 5.91 Å². The number of carbonyl (C=O) groups excluding carboxylic acids is 1. The summed E-state index contributed by atoms with van der Waals surface area (Å²) in [6, 6.07) is 7.69. The predicted octanol–water partition coefficient (Wildman–Crippen LogP) is 3.12. The van der Waals surface area contributed by atoms with Crippen molar-refractivity contribution in [3.8, 4) is 0 Å². The van der Waals surface area contributed by atoms with E-state index in [2.05, 4.69) is 24.0 Å². The predicted molar refractivity (Wildman–Crippen MR) is 99.4 cm³/mol. The summed E-state index contributed by atoms with van der Waals surface area (Å²) in [5.74, 6) is 2.11. The fraction of sp³-hybridized carbons (Fsp3) is 0.500. The lowest BCUT2D eigenvalue weighted by molar-refractivity contribution is 0.0785. The maximum atomic E-state index is 12.8. The van der Waals surface area contributed by atoms with Gasteiger partial charge in [0.2, 0.25) is 5.89 Å². The van der Waals surface area contributed by atoms with Crippen LogP contribution in [-0.4, -0.2) is 40.6 Å². The van der Waals surface area contributed by atoms with Crippen molar-refractivity contribution in [1.82, 2.24) is 15.0 Å². The Morgan fingerprint density at radius 2 is 2.08 bits per heavy atom. The molecule has 0 bridgehead atoms. The molecule has 0 radical (unpaired) electrons. The molecule has 1 atom stereocenters. The van der Waals surface area contributed by atoms with E-state index in [0.717, 1.165) is 11.3 Å². The smallest absolute Gasteiger partial charge is 0.254 e. The first-order valence-corrected chi connectivity index (χ1v) is 9.39. The van der Waals surface area contributed by atoms with Crippen molar-refractivity contribution >= 4 is 17.7 Å². The maximum absolute atomic E-state index is 12.8. The highest BCUT2D eigenvalue weighted by molar-refractivity contribution is 7.98. The zero-order valence-electron chi connectivity index (χ0n) is 15.2. The number of aromatic nitrogens is 2. The van der Waals surface area contributed by atoms with E-state index in [-0.39, 0.29) is 11.9 Å². The molecule has 6 nitrogen and oxygen atoms in total. The van der Waals surface area contributed by atoms with Crippen molar-refractivity contribution in [3.05, 3.63) is 41.5 Å². The van der Waals surface area contributed by atoms with E-state index in [9.17, 15) is 4.79 Å². The average molecular weight is 362 g/mol. The minimum Gasteiger partial charge on any atom is -0.342 e. The minimum absolute atomic E-state index is 0.000709. The molecule has 0 aliphatic carbocycles. The molecule has 136 valence electrons. The molecular weight excluding hydrogens is 336 g/mol. The van der Waals surface area contributed by atoms with Crippen LogP contribution in [0, 0.1) is 12.8 Å². The zero-order chi connectivity index (χ0) is 18.4. The molecule has 2 rings (SSSR count). The van der Waals surface area contributed by atoms with E-state index in [0.29, 0.717) is 35.5 Å². The van der Waals surface area contributed by atoms with Crippen LogP contribution in [-0.2, 0) is 5.75 Å². The van der Waals surface area contributed by atoms with Crippen LogP contribution in [0.15, 0.2) is 33.7 Å². The maximum Gasteiger partial charge on any atom is 0.254 e. The largest absolute Gasteiger partial charge is 0.342 e. The molecule has 7 heteroatoms. The summed E-state index contributed by atoms with van der Waals surface area (Å²) in [7, 11) is 1.82. The third-order valence-electron chi connectivity index (χ3n) is 4.04. The summed E-state index contributed by atoms with van der Waals surface area (Å²) < 4.78 is 5.13. The normalized spacial score (nSPS) is 12.4. The second-order valence-electron chi connectivity index (χ2n) is 6.44. The molecule has 2 aromatic rings. The minimum atomic E-state index is 0.000709. The lowest BCUT2D eigenvalue weighted by Crippen LogP contribution is -2.34. The fourth-order valence-corrected chi connectivity index (χ4v) is 3.17. The number of thioether (sulfide) groups is 1. The molecule has 25 heavy (non-hydrogen) atoms. The van der Waals surface area contributed by atoms with Crippen LogP contribution in [0.3, 0.4) is 0 Å². The van der Waals surface area contributed by atoms with Crippen molar-refractivity contribution in [2.75, 3.05) is 13.6 Å². The molecule has 1 unspecified atom stereocenters. The van der Waals surface area contributed by atoms with E-state index in [4.69, 9.17) is 10.3 Å². The lowest BCUT2D eigenvalue weighted by Gasteiger charge is -2.22. The van der Waals surface area contributed by atoms with Gasteiger partial charge in [-0.2, -0.15) is 4.98 Å². The van der Waals surface area contributed by atoms with E-state index >= 15 is 0 Å². The highest BCUT2D eigenvalue weighted by Crippen LogP contribution is 2.26. The van der Waals surface area contributed by atoms with Crippen molar-refractivity contribution in [2.45, 2.75) is 43.9 Å². The van der Waals surface area contributed by atoms with Crippen LogP contribution in [0.5, 0.6) is 0 Å². The number of rotatable bonds is 8. The van der Waals surface area contributed by atoms with Gasteiger partial charge >= 0.3 is 0 Å². The third-order valence-corrected chi connectivity index (χ3v) is 5.10. The summed E-state index contributed by atoms with van der Waals surface area (Å²) in [5.41, 5.74) is 6.77. The molecule has 0 saturated carbocycles. The van der Waals surface area contributed by atoms with E-state index in [1.165, 1.54) is 11.8 Å². The first kappa shape index (κ1) is 19.5. The van der Waals surface area contributed by atoms with Gasteiger partial charge in [-0.1, -0.05) is 31.1 Å². The Kier molecular flexibility index (Phi) is 7.01. The van der Waals surface area contributed by atoms with Gasteiger partial charge in [-0.15, -0.1) is 11.8 Å². The molecule has 1 aromatic heterocycles. The summed E-state index contributed by atoms with van der Waals surface area (Å²) >= 11 is 1.52. The summed E-state index contributed by atoms with van der Waals surface area (Å²) in [5, 5.41) is 3.78. The van der Waals surface area contributed by atoms with E-state index in [1.54, 1.807) is 11.8 Å². The number of carbonyl (C=O) groups is 1. The molecule has 0 aliphatic rings. The number of hydrogen-bond acceptors (Lipinski definition) is 6. The Balaban J connectivity index is 2.01. The van der Waals surface area contributed by atoms with Crippen LogP contribution >= 0.6 is 11.8 Å². The third kappa shape index (κ3) is 5.57. The van der Waals surface area contributed by atoms with Gasteiger partial charge in [0.1, 0.15) is 0 Å². The fourth-order valence-electron chi connectivity index (χ4n) is 2.29. The Hall–Kier alpha value is -1.86. The second kappa shape index (κ2) is 9.01. The van der Waals surface area contributed by atoms with Crippen LogP contribution < -0.4 is 5.73 Å². The molecule has 1 aromatic carbocycles. The lowest BCUT2D eigenvalue weighted by atomic mass is 10.0. The zero-order valence-corrected chi connectivity index (χ0v) is 16.0. The topological polar surface area (TPSA) is 85.2 Å². The number of nitrogens with two attached hydrogens (primary N) is 1.